The number of carbonyl (C=O) groups is 1. The summed E-state index contributed by atoms with van der Waals surface area (Å²) in [5, 5.41) is 4.66. The maximum Gasteiger partial charge on any atom is 0.319 e. The summed E-state index contributed by atoms with van der Waals surface area (Å²) in [4.78, 5) is 16.0. The van der Waals surface area contributed by atoms with Gasteiger partial charge >= 0.3 is 6.03 Å². The van der Waals surface area contributed by atoms with Crippen molar-refractivity contribution in [1.29, 1.82) is 0 Å². The highest BCUT2D eigenvalue weighted by Crippen LogP contribution is 2.18. The highest BCUT2D eigenvalue weighted by atomic mass is 19.1. The van der Waals surface area contributed by atoms with Crippen LogP contribution in [0.3, 0.4) is 0 Å². The highest BCUT2D eigenvalue weighted by Gasteiger charge is 2.11. The molecular weight excluding hydrogens is 316 g/mol. The molecule has 0 atom stereocenters. The zero-order valence-corrected chi connectivity index (χ0v) is 12.4. The molecule has 2 N–H and O–H groups in total. The topological polar surface area (TPSA) is 67.2 Å². The molecule has 0 saturated carbocycles. The second-order valence-electron chi connectivity index (χ2n) is 4.93. The molecule has 0 aliphatic heterocycles. The summed E-state index contributed by atoms with van der Waals surface area (Å²) in [6.07, 6.45) is 3.14. The monoisotopic (exact) mass is 329 g/mol. The number of rotatable bonds is 4. The number of hydrogen-bond donors (Lipinski definition) is 2. The molecule has 0 spiro atoms. The van der Waals surface area contributed by atoms with Gasteiger partial charge < -0.3 is 15.1 Å². The Morgan fingerprint density at radius 3 is 2.50 bits per heavy atom. The lowest BCUT2D eigenvalue weighted by Gasteiger charge is -2.09. The van der Waals surface area contributed by atoms with E-state index in [-0.39, 0.29) is 6.54 Å². The molecule has 3 aromatic rings. The largest absolute Gasteiger partial charge is 0.463 e. The third kappa shape index (κ3) is 3.57. The van der Waals surface area contributed by atoms with E-state index in [1.807, 2.05) is 0 Å². The third-order valence-electron chi connectivity index (χ3n) is 3.25. The number of anilines is 1. The van der Waals surface area contributed by atoms with Gasteiger partial charge in [0.05, 0.1) is 6.26 Å². The number of hydrogen-bond acceptors (Lipinski definition) is 3. The van der Waals surface area contributed by atoms with Crippen molar-refractivity contribution in [1.82, 2.24) is 10.3 Å². The molecular formula is C17H13F2N3O2. The van der Waals surface area contributed by atoms with Gasteiger partial charge in [-0.05, 0) is 35.9 Å². The van der Waals surface area contributed by atoms with Gasteiger partial charge in [-0.1, -0.05) is 12.1 Å². The third-order valence-corrected chi connectivity index (χ3v) is 3.25. The average molecular weight is 329 g/mol. The number of benzene rings is 1. The minimum atomic E-state index is -0.838. The van der Waals surface area contributed by atoms with Crippen LogP contribution in [0.2, 0.25) is 0 Å². The van der Waals surface area contributed by atoms with Crippen molar-refractivity contribution >= 4 is 11.7 Å². The summed E-state index contributed by atoms with van der Waals surface area (Å²) in [6, 6.07) is 9.72. The molecule has 0 bridgehead atoms. The van der Waals surface area contributed by atoms with Gasteiger partial charge in [0.1, 0.15) is 23.0 Å². The van der Waals surface area contributed by atoms with Crippen molar-refractivity contribution in [2.75, 3.05) is 5.32 Å². The van der Waals surface area contributed by atoms with Crippen LogP contribution < -0.4 is 10.6 Å². The molecule has 2 amide bonds. The van der Waals surface area contributed by atoms with Crippen LogP contribution in [-0.4, -0.2) is 11.0 Å². The molecule has 7 heteroatoms. The van der Waals surface area contributed by atoms with Crippen molar-refractivity contribution in [3.63, 3.8) is 0 Å². The average Bonchev–Trinajstić information content (AvgIpc) is 3.11. The summed E-state index contributed by atoms with van der Waals surface area (Å²) >= 11 is 0. The lowest BCUT2D eigenvalue weighted by atomic mass is 10.2. The molecule has 2 heterocycles. The van der Waals surface area contributed by atoms with Crippen LogP contribution >= 0.6 is 0 Å². The molecule has 0 saturated heterocycles. The number of carbonyl (C=O) groups excluding carboxylic acids is 1. The van der Waals surface area contributed by atoms with Crippen LogP contribution in [0.4, 0.5) is 19.3 Å². The fourth-order valence-corrected chi connectivity index (χ4v) is 2.06. The van der Waals surface area contributed by atoms with Gasteiger partial charge in [-0.2, -0.15) is 0 Å². The Balaban J connectivity index is 1.58. The Bertz CT molecular complexity index is 813. The molecule has 0 aliphatic rings. The molecule has 3 rings (SSSR count). The summed E-state index contributed by atoms with van der Waals surface area (Å²) in [5.41, 5.74) is 0.914. The van der Waals surface area contributed by atoms with Gasteiger partial charge in [0, 0.05) is 12.7 Å². The molecule has 2 aromatic heterocycles. The number of urea groups is 1. The maximum absolute atomic E-state index is 13.5. The van der Waals surface area contributed by atoms with E-state index in [4.69, 9.17) is 4.42 Å². The fraction of sp³-hybridized carbons (Fsp3) is 0.0588. The summed E-state index contributed by atoms with van der Waals surface area (Å²) in [7, 11) is 0. The quantitative estimate of drug-likeness (QED) is 0.762. The molecule has 24 heavy (non-hydrogen) atoms. The summed E-state index contributed by atoms with van der Waals surface area (Å²) < 4.78 is 32.1. The van der Waals surface area contributed by atoms with Gasteiger partial charge in [-0.25, -0.2) is 13.6 Å². The van der Waals surface area contributed by atoms with E-state index < -0.39 is 23.4 Å². The van der Waals surface area contributed by atoms with Crippen LogP contribution in [0.5, 0.6) is 0 Å². The Kier molecular flexibility index (Phi) is 4.51. The fourth-order valence-electron chi connectivity index (χ4n) is 2.06. The minimum Gasteiger partial charge on any atom is -0.463 e. The van der Waals surface area contributed by atoms with E-state index in [1.165, 1.54) is 6.07 Å². The van der Waals surface area contributed by atoms with E-state index in [0.717, 1.165) is 17.7 Å². The van der Waals surface area contributed by atoms with Crippen molar-refractivity contribution in [3.05, 3.63) is 72.1 Å². The van der Waals surface area contributed by atoms with Crippen molar-refractivity contribution in [2.24, 2.45) is 0 Å². The smallest absolute Gasteiger partial charge is 0.319 e. The lowest BCUT2D eigenvalue weighted by Crippen LogP contribution is -2.29. The molecule has 0 aliphatic carbocycles. The zero-order valence-electron chi connectivity index (χ0n) is 12.4. The molecule has 1 aromatic carbocycles. The zero-order chi connectivity index (χ0) is 16.9. The van der Waals surface area contributed by atoms with Gasteiger partial charge in [0.25, 0.3) is 0 Å². The highest BCUT2D eigenvalue weighted by molar-refractivity contribution is 5.89. The van der Waals surface area contributed by atoms with Gasteiger partial charge in [0.15, 0.2) is 5.76 Å². The van der Waals surface area contributed by atoms with E-state index in [9.17, 15) is 13.6 Å². The minimum absolute atomic E-state index is 0.160. The second-order valence-corrected chi connectivity index (χ2v) is 4.93. The molecule has 5 nitrogen and oxygen atoms in total. The number of amides is 2. The van der Waals surface area contributed by atoms with Crippen LogP contribution in [0.25, 0.3) is 11.5 Å². The van der Waals surface area contributed by atoms with E-state index in [2.05, 4.69) is 15.6 Å². The van der Waals surface area contributed by atoms with E-state index >= 15 is 0 Å². The van der Waals surface area contributed by atoms with Gasteiger partial charge in [0.2, 0.25) is 0 Å². The van der Waals surface area contributed by atoms with Crippen molar-refractivity contribution in [2.45, 2.75) is 6.54 Å². The standard InChI is InChI=1S/C17H13F2N3O2/c18-12-3-1-4-13(19)16(12)22-17(23)21-10-11-6-7-14(20-9-11)15-5-2-8-24-15/h1-9H,10H2,(H2,21,22,23). The number of furan rings is 1. The predicted octanol–water partition coefficient (Wildman–Crippen LogP) is 3.94. The number of halogens is 2. The first-order valence-electron chi connectivity index (χ1n) is 7.11. The van der Waals surface area contributed by atoms with Crippen LogP contribution in [0.1, 0.15) is 5.56 Å². The van der Waals surface area contributed by atoms with Crippen LogP contribution in [0, 0.1) is 11.6 Å². The normalized spacial score (nSPS) is 10.4. The van der Waals surface area contributed by atoms with Crippen LogP contribution in [-0.2, 0) is 6.54 Å². The first-order chi connectivity index (χ1) is 11.6. The number of nitrogens with zero attached hydrogens (tertiary/aromatic N) is 1. The number of aromatic nitrogens is 1. The number of para-hydroxylation sites is 1. The molecule has 122 valence electrons. The predicted molar refractivity (Wildman–Crippen MR) is 84.2 cm³/mol. The Hall–Kier alpha value is -3.22. The Morgan fingerprint density at radius 2 is 1.88 bits per heavy atom. The molecule has 0 unspecified atom stereocenters. The first kappa shape index (κ1) is 15.7. The van der Waals surface area contributed by atoms with Gasteiger partial charge in [-0.15, -0.1) is 0 Å². The molecule has 0 radical (unpaired) electrons. The van der Waals surface area contributed by atoms with Crippen LogP contribution in [0.15, 0.2) is 59.3 Å². The summed E-state index contributed by atoms with van der Waals surface area (Å²) in [5.74, 6) is -1.04. The number of pyridine rings is 1. The Labute approximate surface area is 136 Å². The van der Waals surface area contributed by atoms with Gasteiger partial charge in [-0.3, -0.25) is 4.98 Å². The first-order valence-corrected chi connectivity index (χ1v) is 7.11. The molecule has 0 fully saturated rings. The number of nitrogens with one attached hydrogen (secondary N) is 2. The maximum atomic E-state index is 13.5. The summed E-state index contributed by atoms with van der Waals surface area (Å²) in [6.45, 7) is 0.160. The van der Waals surface area contributed by atoms with Crippen molar-refractivity contribution in [3.8, 4) is 11.5 Å². The van der Waals surface area contributed by atoms with E-state index in [1.54, 1.807) is 36.7 Å². The second kappa shape index (κ2) is 6.91. The van der Waals surface area contributed by atoms with Crippen molar-refractivity contribution < 1.29 is 18.0 Å². The van der Waals surface area contributed by atoms with E-state index in [0.29, 0.717) is 11.5 Å². The Morgan fingerprint density at radius 1 is 1.08 bits per heavy atom. The SMILES string of the molecule is O=C(NCc1ccc(-c2ccco2)nc1)Nc1c(F)cccc1F. The lowest BCUT2D eigenvalue weighted by molar-refractivity contribution is 0.251.